The molecular formula is C11H17NO2S2. The van der Waals surface area contributed by atoms with Gasteiger partial charge in [-0.15, -0.1) is 11.3 Å². The van der Waals surface area contributed by atoms with Crippen LogP contribution in [-0.4, -0.2) is 20.2 Å². The van der Waals surface area contributed by atoms with Crippen LogP contribution in [0.2, 0.25) is 0 Å². The minimum Gasteiger partial charge on any atom is -0.327 e. The Kier molecular flexibility index (Phi) is 3.66. The van der Waals surface area contributed by atoms with Crippen LogP contribution in [0.5, 0.6) is 0 Å². The molecule has 3 nitrogen and oxygen atoms in total. The first kappa shape index (κ1) is 12.1. The molecule has 0 amide bonds. The Morgan fingerprint density at radius 2 is 2.25 bits per heavy atom. The summed E-state index contributed by atoms with van der Waals surface area (Å²) < 4.78 is 24.3. The van der Waals surface area contributed by atoms with Crippen LogP contribution < -0.4 is 5.73 Å². The molecule has 1 heterocycles. The van der Waals surface area contributed by atoms with E-state index < -0.39 is 9.84 Å². The first-order valence-corrected chi connectivity index (χ1v) is 8.14. The highest BCUT2D eigenvalue weighted by molar-refractivity contribution is 7.93. The van der Waals surface area contributed by atoms with E-state index in [9.17, 15) is 8.42 Å². The van der Waals surface area contributed by atoms with E-state index in [0.29, 0.717) is 16.5 Å². The Morgan fingerprint density at radius 3 is 2.81 bits per heavy atom. The van der Waals surface area contributed by atoms with Crippen LogP contribution in [0.4, 0.5) is 0 Å². The Labute approximate surface area is 101 Å². The van der Waals surface area contributed by atoms with E-state index in [4.69, 9.17) is 5.73 Å². The van der Waals surface area contributed by atoms with Crippen molar-refractivity contribution in [1.29, 1.82) is 0 Å². The van der Waals surface area contributed by atoms with Crippen LogP contribution in [0.1, 0.15) is 25.7 Å². The van der Waals surface area contributed by atoms with Crippen molar-refractivity contribution in [3.63, 3.8) is 0 Å². The van der Waals surface area contributed by atoms with Gasteiger partial charge < -0.3 is 5.73 Å². The number of nitrogens with two attached hydrogens (primary N) is 1. The van der Waals surface area contributed by atoms with E-state index >= 15 is 0 Å². The van der Waals surface area contributed by atoms with Gasteiger partial charge in [-0.2, -0.15) is 0 Å². The van der Waals surface area contributed by atoms with Crippen LogP contribution in [0.15, 0.2) is 21.7 Å². The van der Waals surface area contributed by atoms with E-state index in [0.717, 1.165) is 19.3 Å². The lowest BCUT2D eigenvalue weighted by Gasteiger charge is -2.14. The fourth-order valence-electron chi connectivity index (χ4n) is 2.27. The molecule has 5 heteroatoms. The van der Waals surface area contributed by atoms with E-state index in [1.165, 1.54) is 11.3 Å². The third kappa shape index (κ3) is 2.64. The summed E-state index contributed by atoms with van der Waals surface area (Å²) in [4.78, 5) is 0. The van der Waals surface area contributed by atoms with Gasteiger partial charge >= 0.3 is 0 Å². The largest absolute Gasteiger partial charge is 0.327 e. The highest BCUT2D eigenvalue weighted by Crippen LogP contribution is 2.28. The smallest absolute Gasteiger partial charge is 0.187 e. The molecule has 0 radical (unpaired) electrons. The van der Waals surface area contributed by atoms with E-state index in [1.54, 1.807) is 17.5 Å². The zero-order chi connectivity index (χ0) is 11.6. The molecule has 1 fully saturated rings. The van der Waals surface area contributed by atoms with Crippen LogP contribution in [-0.2, 0) is 9.84 Å². The highest BCUT2D eigenvalue weighted by Gasteiger charge is 2.26. The SMILES string of the molecule is NC1CCCC1CCS(=O)(=O)c1cccs1. The Balaban J connectivity index is 1.95. The topological polar surface area (TPSA) is 60.2 Å². The predicted octanol–water partition coefficient (Wildman–Crippen LogP) is 2.04. The van der Waals surface area contributed by atoms with Gasteiger partial charge in [0.05, 0.1) is 5.75 Å². The summed E-state index contributed by atoms with van der Waals surface area (Å²) >= 11 is 1.29. The maximum atomic E-state index is 11.9. The minimum absolute atomic E-state index is 0.207. The quantitative estimate of drug-likeness (QED) is 0.900. The molecule has 0 aromatic carbocycles. The van der Waals surface area contributed by atoms with Crippen molar-refractivity contribution in [1.82, 2.24) is 0 Å². The predicted molar refractivity (Wildman–Crippen MR) is 66.3 cm³/mol. The Morgan fingerprint density at radius 1 is 1.44 bits per heavy atom. The molecule has 0 spiro atoms. The van der Waals surface area contributed by atoms with Gasteiger partial charge in [0.15, 0.2) is 9.84 Å². The summed E-state index contributed by atoms with van der Waals surface area (Å²) in [5, 5.41) is 1.80. The van der Waals surface area contributed by atoms with E-state index in [-0.39, 0.29) is 11.8 Å². The molecule has 0 saturated heterocycles. The van der Waals surface area contributed by atoms with Gasteiger partial charge in [-0.3, -0.25) is 0 Å². The molecule has 2 atom stereocenters. The molecule has 0 aliphatic heterocycles. The van der Waals surface area contributed by atoms with Crippen LogP contribution >= 0.6 is 11.3 Å². The lowest BCUT2D eigenvalue weighted by atomic mass is 10.0. The molecule has 2 N–H and O–H groups in total. The number of hydrogen-bond acceptors (Lipinski definition) is 4. The maximum absolute atomic E-state index is 11.9. The van der Waals surface area contributed by atoms with Gasteiger partial charge in [0.1, 0.15) is 4.21 Å². The van der Waals surface area contributed by atoms with Gasteiger partial charge in [0.25, 0.3) is 0 Å². The fourth-order valence-corrected chi connectivity index (χ4v) is 4.82. The molecular weight excluding hydrogens is 242 g/mol. The molecule has 16 heavy (non-hydrogen) atoms. The summed E-state index contributed by atoms with van der Waals surface area (Å²) in [6.45, 7) is 0. The molecule has 2 unspecified atom stereocenters. The Bertz CT molecular complexity index is 425. The monoisotopic (exact) mass is 259 g/mol. The first-order chi connectivity index (χ1) is 7.59. The number of thiophene rings is 1. The second kappa shape index (κ2) is 4.85. The van der Waals surface area contributed by atoms with E-state index in [1.807, 2.05) is 0 Å². The van der Waals surface area contributed by atoms with Gasteiger partial charge in [-0.1, -0.05) is 12.5 Å². The molecule has 0 bridgehead atoms. The zero-order valence-electron chi connectivity index (χ0n) is 9.13. The molecule has 1 aromatic heterocycles. The number of sulfone groups is 1. The molecule has 1 saturated carbocycles. The molecule has 1 aromatic rings. The second-order valence-corrected chi connectivity index (χ2v) is 7.68. The number of hydrogen-bond donors (Lipinski definition) is 1. The van der Waals surface area contributed by atoms with Crippen molar-refractivity contribution in [2.24, 2.45) is 11.7 Å². The summed E-state index contributed by atoms with van der Waals surface area (Å²) in [7, 11) is -3.06. The highest BCUT2D eigenvalue weighted by atomic mass is 32.2. The second-order valence-electron chi connectivity index (χ2n) is 4.39. The van der Waals surface area contributed by atoms with Crippen molar-refractivity contribution in [3.05, 3.63) is 17.5 Å². The van der Waals surface area contributed by atoms with Crippen molar-refractivity contribution in [3.8, 4) is 0 Å². The van der Waals surface area contributed by atoms with Gasteiger partial charge in [0.2, 0.25) is 0 Å². The van der Waals surface area contributed by atoms with Crippen molar-refractivity contribution in [2.45, 2.75) is 35.9 Å². The molecule has 2 rings (SSSR count). The van der Waals surface area contributed by atoms with Crippen molar-refractivity contribution in [2.75, 3.05) is 5.75 Å². The lowest BCUT2D eigenvalue weighted by Crippen LogP contribution is -2.26. The maximum Gasteiger partial charge on any atom is 0.187 e. The summed E-state index contributed by atoms with van der Waals surface area (Å²) in [5.41, 5.74) is 5.93. The third-order valence-corrected chi connectivity index (χ3v) is 6.51. The average Bonchev–Trinajstić information content (AvgIpc) is 2.85. The third-order valence-electron chi connectivity index (χ3n) is 3.28. The fraction of sp³-hybridized carbons (Fsp3) is 0.636. The van der Waals surface area contributed by atoms with Gasteiger partial charge in [-0.05, 0) is 36.6 Å². The molecule has 1 aliphatic rings. The van der Waals surface area contributed by atoms with E-state index in [2.05, 4.69) is 0 Å². The van der Waals surface area contributed by atoms with Crippen LogP contribution in [0, 0.1) is 5.92 Å². The number of rotatable bonds is 4. The standard InChI is InChI=1S/C11H17NO2S2/c12-10-4-1-3-9(10)6-8-16(13,14)11-5-2-7-15-11/h2,5,7,9-10H,1,3-4,6,8,12H2. The van der Waals surface area contributed by atoms with Crippen LogP contribution in [0.25, 0.3) is 0 Å². The van der Waals surface area contributed by atoms with Crippen LogP contribution in [0.3, 0.4) is 0 Å². The lowest BCUT2D eigenvalue weighted by molar-refractivity contribution is 0.464. The summed E-state index contributed by atoms with van der Waals surface area (Å²) in [6.07, 6.45) is 3.98. The normalized spacial score (nSPS) is 26.1. The zero-order valence-corrected chi connectivity index (χ0v) is 10.8. The molecule has 1 aliphatic carbocycles. The van der Waals surface area contributed by atoms with Crippen molar-refractivity contribution < 1.29 is 8.42 Å². The molecule has 90 valence electrons. The Hall–Kier alpha value is -0.390. The van der Waals surface area contributed by atoms with Gasteiger partial charge in [-0.25, -0.2) is 8.42 Å². The average molecular weight is 259 g/mol. The summed E-state index contributed by atoms with van der Waals surface area (Å²) in [5.74, 6) is 0.640. The first-order valence-electron chi connectivity index (χ1n) is 5.61. The summed E-state index contributed by atoms with van der Waals surface area (Å²) in [6, 6.07) is 3.66. The van der Waals surface area contributed by atoms with Gasteiger partial charge in [0, 0.05) is 6.04 Å². The minimum atomic E-state index is -3.06. The van der Waals surface area contributed by atoms with Crippen molar-refractivity contribution >= 4 is 21.2 Å².